The number of hydrogen-bond acceptors (Lipinski definition) is 2. The molecule has 21 heavy (non-hydrogen) atoms. The molecule has 0 radical (unpaired) electrons. The number of carbonyl (C=O) groups is 1. The van der Waals surface area contributed by atoms with Crippen molar-refractivity contribution in [2.75, 3.05) is 6.61 Å². The highest BCUT2D eigenvalue weighted by Crippen LogP contribution is 2.13. The fraction of sp³-hybridized carbons (Fsp3) is 0.947. The van der Waals surface area contributed by atoms with E-state index in [1.165, 1.54) is 96.8 Å². The SMILES string of the molecule is CCCCCCCCCCCCCCCC[14CH2]OC(C)=O. The Hall–Kier alpha value is -0.530. The Morgan fingerprint density at radius 1 is 0.714 bits per heavy atom. The van der Waals surface area contributed by atoms with Crippen LogP contribution in [0.3, 0.4) is 0 Å². The molecule has 0 aromatic rings. The van der Waals surface area contributed by atoms with E-state index in [2.05, 4.69) is 6.92 Å². The number of hydrogen-bond donors (Lipinski definition) is 0. The van der Waals surface area contributed by atoms with Crippen LogP contribution in [0.4, 0.5) is 0 Å². The minimum absolute atomic E-state index is 0.152. The maximum Gasteiger partial charge on any atom is 0.302 e. The average molecular weight is 301 g/mol. The Labute approximate surface area is 133 Å². The Kier molecular flexibility index (Phi) is 17.1. The summed E-state index contributed by atoms with van der Waals surface area (Å²) in [5.74, 6) is -0.152. The van der Waals surface area contributed by atoms with E-state index in [1.807, 2.05) is 0 Å². The Morgan fingerprint density at radius 2 is 1.10 bits per heavy atom. The average Bonchev–Trinajstić information content (AvgIpc) is 2.46. The van der Waals surface area contributed by atoms with Gasteiger partial charge in [0, 0.05) is 6.92 Å². The van der Waals surface area contributed by atoms with Gasteiger partial charge in [0.2, 0.25) is 0 Å². The maximum absolute atomic E-state index is 10.6. The molecule has 0 rings (SSSR count). The molecular formula is C19H38O2. The molecule has 0 bridgehead atoms. The van der Waals surface area contributed by atoms with Crippen molar-refractivity contribution >= 4 is 5.97 Å². The van der Waals surface area contributed by atoms with Crippen LogP contribution in [0.15, 0.2) is 0 Å². The lowest BCUT2D eigenvalue weighted by atomic mass is 10.0. The predicted octanol–water partition coefficient (Wildman–Crippen LogP) is 6.42. The van der Waals surface area contributed by atoms with Crippen molar-refractivity contribution in [3.05, 3.63) is 0 Å². The van der Waals surface area contributed by atoms with Crippen molar-refractivity contribution in [2.24, 2.45) is 0 Å². The summed E-state index contributed by atoms with van der Waals surface area (Å²) in [5, 5.41) is 0. The first-order valence-electron chi connectivity index (χ1n) is 9.40. The third-order valence-corrected chi connectivity index (χ3v) is 4.05. The van der Waals surface area contributed by atoms with E-state index in [0.717, 1.165) is 6.42 Å². The summed E-state index contributed by atoms with van der Waals surface area (Å²) in [4.78, 5) is 10.6. The summed E-state index contributed by atoms with van der Waals surface area (Å²) in [5.41, 5.74) is 0. The molecular weight excluding hydrogens is 262 g/mol. The minimum atomic E-state index is -0.152. The molecule has 0 saturated heterocycles. The summed E-state index contributed by atoms with van der Waals surface area (Å²) >= 11 is 0. The Bertz CT molecular complexity index is 214. The lowest BCUT2D eigenvalue weighted by Crippen LogP contribution is -2.00. The maximum atomic E-state index is 10.6. The van der Waals surface area contributed by atoms with Crippen LogP contribution in [0.1, 0.15) is 110 Å². The van der Waals surface area contributed by atoms with Gasteiger partial charge in [0.1, 0.15) is 0 Å². The van der Waals surface area contributed by atoms with Gasteiger partial charge in [0.25, 0.3) is 0 Å². The summed E-state index contributed by atoms with van der Waals surface area (Å²) in [6, 6.07) is 0. The first kappa shape index (κ1) is 20.5. The molecule has 0 N–H and O–H groups in total. The van der Waals surface area contributed by atoms with Gasteiger partial charge in [0.05, 0.1) is 6.61 Å². The van der Waals surface area contributed by atoms with E-state index >= 15 is 0 Å². The van der Waals surface area contributed by atoms with Crippen molar-refractivity contribution in [2.45, 2.75) is 110 Å². The topological polar surface area (TPSA) is 26.3 Å². The van der Waals surface area contributed by atoms with E-state index in [1.54, 1.807) is 0 Å². The van der Waals surface area contributed by atoms with Gasteiger partial charge in [-0.1, -0.05) is 96.8 Å². The highest BCUT2D eigenvalue weighted by molar-refractivity contribution is 5.65. The van der Waals surface area contributed by atoms with Crippen molar-refractivity contribution in [1.82, 2.24) is 0 Å². The van der Waals surface area contributed by atoms with Crippen molar-refractivity contribution in [3.63, 3.8) is 0 Å². The van der Waals surface area contributed by atoms with Gasteiger partial charge in [-0.2, -0.15) is 0 Å². The van der Waals surface area contributed by atoms with Crippen LogP contribution < -0.4 is 0 Å². The van der Waals surface area contributed by atoms with Crippen LogP contribution in [-0.2, 0) is 9.53 Å². The second-order valence-electron chi connectivity index (χ2n) is 6.29. The quantitative estimate of drug-likeness (QED) is 0.243. The predicted molar refractivity (Wildman–Crippen MR) is 91.6 cm³/mol. The Morgan fingerprint density at radius 3 is 1.48 bits per heavy atom. The second-order valence-corrected chi connectivity index (χ2v) is 6.29. The number of rotatable bonds is 16. The lowest BCUT2D eigenvalue weighted by Gasteiger charge is -2.03. The van der Waals surface area contributed by atoms with Crippen molar-refractivity contribution in [3.8, 4) is 0 Å². The molecule has 0 amide bonds. The van der Waals surface area contributed by atoms with Gasteiger partial charge in [-0.05, 0) is 6.42 Å². The third-order valence-electron chi connectivity index (χ3n) is 4.05. The first-order valence-corrected chi connectivity index (χ1v) is 9.40. The van der Waals surface area contributed by atoms with Crippen molar-refractivity contribution < 1.29 is 9.53 Å². The number of carbonyl (C=O) groups excluding carboxylic acids is 1. The normalized spacial score (nSPS) is 10.8. The Balaban J connectivity index is 2.95. The smallest absolute Gasteiger partial charge is 0.302 e. The molecule has 0 fully saturated rings. The molecule has 0 aromatic carbocycles. The van der Waals surface area contributed by atoms with E-state index in [4.69, 9.17) is 4.74 Å². The summed E-state index contributed by atoms with van der Waals surface area (Å²) in [6.07, 6.45) is 20.5. The molecule has 2 heteroatoms. The van der Waals surface area contributed by atoms with Gasteiger partial charge in [-0.15, -0.1) is 0 Å². The number of esters is 1. The van der Waals surface area contributed by atoms with Gasteiger partial charge in [-0.25, -0.2) is 0 Å². The summed E-state index contributed by atoms with van der Waals surface area (Å²) in [6.45, 7) is 4.36. The molecule has 0 aromatic heterocycles. The van der Waals surface area contributed by atoms with E-state index in [9.17, 15) is 4.79 Å². The second kappa shape index (κ2) is 17.5. The fourth-order valence-corrected chi connectivity index (χ4v) is 2.69. The molecule has 0 heterocycles. The van der Waals surface area contributed by atoms with Crippen LogP contribution in [0.25, 0.3) is 0 Å². The molecule has 0 spiro atoms. The van der Waals surface area contributed by atoms with Crippen LogP contribution >= 0.6 is 0 Å². The van der Waals surface area contributed by atoms with E-state index < -0.39 is 0 Å². The molecule has 0 unspecified atom stereocenters. The molecule has 2 nitrogen and oxygen atoms in total. The van der Waals surface area contributed by atoms with Crippen molar-refractivity contribution in [1.29, 1.82) is 0 Å². The number of ether oxygens (including phenoxy) is 1. The van der Waals surface area contributed by atoms with Crippen LogP contribution in [-0.4, -0.2) is 12.6 Å². The van der Waals surface area contributed by atoms with Crippen LogP contribution in [0.2, 0.25) is 0 Å². The largest absolute Gasteiger partial charge is 0.466 e. The molecule has 0 atom stereocenters. The molecule has 0 aliphatic rings. The highest BCUT2D eigenvalue weighted by Gasteiger charge is 1.95. The zero-order valence-corrected chi connectivity index (χ0v) is 14.6. The molecule has 126 valence electrons. The zero-order valence-electron chi connectivity index (χ0n) is 14.6. The number of unbranched alkanes of at least 4 members (excludes halogenated alkanes) is 14. The minimum Gasteiger partial charge on any atom is -0.466 e. The molecule has 0 saturated carbocycles. The summed E-state index contributed by atoms with van der Waals surface area (Å²) < 4.78 is 4.92. The molecule has 0 aliphatic heterocycles. The van der Waals surface area contributed by atoms with Gasteiger partial charge < -0.3 is 4.74 Å². The summed E-state index contributed by atoms with van der Waals surface area (Å²) in [7, 11) is 0. The monoisotopic (exact) mass is 300 g/mol. The molecule has 0 aliphatic carbocycles. The zero-order chi connectivity index (χ0) is 15.6. The fourth-order valence-electron chi connectivity index (χ4n) is 2.69. The standard InChI is InChI=1S/C19H38O2/c1-3-4-5-6-7-8-9-10-11-12-13-14-15-16-17-18-21-19(2)20/h3-18H2,1-2H3/i18+2. The van der Waals surface area contributed by atoms with Crippen LogP contribution in [0, 0.1) is 0 Å². The van der Waals surface area contributed by atoms with E-state index in [-0.39, 0.29) is 5.97 Å². The highest BCUT2D eigenvalue weighted by atomic mass is 16.7. The van der Waals surface area contributed by atoms with Crippen LogP contribution in [0.5, 0.6) is 0 Å². The third kappa shape index (κ3) is 19.5. The van der Waals surface area contributed by atoms with Gasteiger partial charge in [0.15, 0.2) is 0 Å². The van der Waals surface area contributed by atoms with E-state index in [0.29, 0.717) is 6.61 Å². The lowest BCUT2D eigenvalue weighted by molar-refractivity contribution is -0.141. The van der Waals surface area contributed by atoms with Gasteiger partial charge >= 0.3 is 5.97 Å². The first-order chi connectivity index (χ1) is 10.3. The van der Waals surface area contributed by atoms with Gasteiger partial charge in [-0.3, -0.25) is 4.79 Å².